The normalized spacial score (nSPS) is 14.6. The van der Waals surface area contributed by atoms with Gasteiger partial charge in [-0.15, -0.1) is 0 Å². The molecule has 0 saturated heterocycles. The molecule has 2 nitrogen and oxygen atoms in total. The Morgan fingerprint density at radius 2 is 1.94 bits per heavy atom. The molecule has 2 heteroatoms. The lowest BCUT2D eigenvalue weighted by Crippen LogP contribution is -2.23. The van der Waals surface area contributed by atoms with Crippen molar-refractivity contribution in [2.24, 2.45) is 0 Å². The van der Waals surface area contributed by atoms with Gasteiger partial charge in [0.1, 0.15) is 0 Å². The van der Waals surface area contributed by atoms with Crippen LogP contribution in [0.2, 0.25) is 0 Å². The topological polar surface area (TPSA) is 33.4 Å². The fraction of sp³-hybridized carbons (Fsp3) is 0.333. The summed E-state index contributed by atoms with van der Waals surface area (Å²) in [6, 6.07) is 8.10. The first kappa shape index (κ1) is 11.9. The highest BCUT2D eigenvalue weighted by atomic mass is 16.3. The number of furan rings is 1. The monoisotopic (exact) mass is 230 g/mol. The van der Waals surface area contributed by atoms with Crippen molar-refractivity contribution in [2.75, 3.05) is 0 Å². The quantitative estimate of drug-likeness (QED) is 0.877. The Morgan fingerprint density at radius 1 is 1.18 bits per heavy atom. The number of rotatable bonds is 3. The van der Waals surface area contributed by atoms with Crippen LogP contribution in [0.4, 0.5) is 0 Å². The predicted molar refractivity (Wildman–Crippen MR) is 67.9 cm³/mol. The van der Waals surface area contributed by atoms with E-state index < -0.39 is 5.60 Å². The lowest BCUT2D eigenvalue weighted by Gasteiger charge is -2.22. The highest BCUT2D eigenvalue weighted by Gasteiger charge is 2.24. The highest BCUT2D eigenvalue weighted by molar-refractivity contribution is 5.32. The van der Waals surface area contributed by atoms with Crippen LogP contribution in [0.1, 0.15) is 29.2 Å². The second-order valence-corrected chi connectivity index (χ2v) is 4.88. The van der Waals surface area contributed by atoms with E-state index >= 15 is 0 Å². The van der Waals surface area contributed by atoms with Crippen LogP contribution in [0.15, 0.2) is 41.2 Å². The molecular formula is C15H18O2. The molecule has 2 rings (SSSR count). The zero-order chi connectivity index (χ0) is 12.5. The molecule has 0 fully saturated rings. The number of aryl methyl sites for hydroxylation is 2. The van der Waals surface area contributed by atoms with E-state index in [4.69, 9.17) is 4.42 Å². The summed E-state index contributed by atoms with van der Waals surface area (Å²) in [6.07, 6.45) is 3.78. The number of aliphatic hydroxyl groups is 1. The second kappa shape index (κ2) is 4.38. The summed E-state index contributed by atoms with van der Waals surface area (Å²) >= 11 is 0. The van der Waals surface area contributed by atoms with Gasteiger partial charge in [0.05, 0.1) is 18.1 Å². The van der Waals surface area contributed by atoms with Gasteiger partial charge in [0.25, 0.3) is 0 Å². The fourth-order valence-electron chi connectivity index (χ4n) is 1.98. The molecule has 1 N–H and O–H groups in total. The summed E-state index contributed by atoms with van der Waals surface area (Å²) in [4.78, 5) is 0. The van der Waals surface area contributed by atoms with E-state index in [1.807, 2.05) is 6.92 Å². The number of benzene rings is 1. The number of hydrogen-bond donors (Lipinski definition) is 1. The summed E-state index contributed by atoms with van der Waals surface area (Å²) in [5.41, 5.74) is 3.60. The maximum absolute atomic E-state index is 10.4. The average Bonchev–Trinajstić information content (AvgIpc) is 2.77. The summed E-state index contributed by atoms with van der Waals surface area (Å²) in [5.74, 6) is 0. The van der Waals surface area contributed by atoms with Gasteiger partial charge in [-0.1, -0.05) is 18.2 Å². The molecule has 0 saturated carbocycles. The molecule has 1 aromatic heterocycles. The van der Waals surface area contributed by atoms with Gasteiger partial charge in [-0.25, -0.2) is 0 Å². The van der Waals surface area contributed by atoms with E-state index in [9.17, 15) is 5.11 Å². The van der Waals surface area contributed by atoms with Gasteiger partial charge in [-0.2, -0.15) is 0 Å². The van der Waals surface area contributed by atoms with Crippen molar-refractivity contribution in [1.82, 2.24) is 0 Å². The average molecular weight is 230 g/mol. The predicted octanol–water partition coefficient (Wildman–Crippen LogP) is 3.35. The van der Waals surface area contributed by atoms with Crippen LogP contribution in [0.25, 0.3) is 0 Å². The molecule has 0 radical (unpaired) electrons. The highest BCUT2D eigenvalue weighted by Crippen LogP contribution is 2.26. The lowest BCUT2D eigenvalue weighted by molar-refractivity contribution is 0.0570. The minimum absolute atomic E-state index is 0.591. The first-order chi connectivity index (χ1) is 7.99. The van der Waals surface area contributed by atoms with Gasteiger partial charge in [0.15, 0.2) is 0 Å². The first-order valence-electron chi connectivity index (χ1n) is 5.80. The van der Waals surface area contributed by atoms with Crippen molar-refractivity contribution in [3.05, 3.63) is 59.0 Å². The zero-order valence-electron chi connectivity index (χ0n) is 10.5. The number of hydrogen-bond acceptors (Lipinski definition) is 2. The summed E-state index contributed by atoms with van der Waals surface area (Å²) in [7, 11) is 0. The Hall–Kier alpha value is -1.54. The molecule has 0 aliphatic heterocycles. The van der Waals surface area contributed by atoms with Crippen LogP contribution in [-0.2, 0) is 12.0 Å². The van der Waals surface area contributed by atoms with Gasteiger partial charge >= 0.3 is 0 Å². The van der Waals surface area contributed by atoms with Crippen molar-refractivity contribution in [3.63, 3.8) is 0 Å². The third-order valence-corrected chi connectivity index (χ3v) is 3.26. The molecule has 1 unspecified atom stereocenters. The second-order valence-electron chi connectivity index (χ2n) is 4.88. The summed E-state index contributed by atoms with van der Waals surface area (Å²) in [5, 5.41) is 10.4. The Labute approximate surface area is 102 Å². The van der Waals surface area contributed by atoms with Gasteiger partial charge in [-0.3, -0.25) is 0 Å². The molecule has 1 atom stereocenters. The third-order valence-electron chi connectivity index (χ3n) is 3.26. The van der Waals surface area contributed by atoms with Crippen molar-refractivity contribution in [3.8, 4) is 0 Å². The van der Waals surface area contributed by atoms with Gasteiger partial charge in [0.2, 0.25) is 0 Å². The minimum Gasteiger partial charge on any atom is -0.472 e. The van der Waals surface area contributed by atoms with Crippen molar-refractivity contribution >= 4 is 0 Å². The Kier molecular flexibility index (Phi) is 3.07. The van der Waals surface area contributed by atoms with Crippen LogP contribution in [0, 0.1) is 13.8 Å². The molecule has 17 heavy (non-hydrogen) atoms. The maximum Gasteiger partial charge on any atom is 0.0963 e. The van der Waals surface area contributed by atoms with Crippen molar-refractivity contribution < 1.29 is 9.52 Å². The van der Waals surface area contributed by atoms with Gasteiger partial charge in [0, 0.05) is 12.0 Å². The molecule has 0 bridgehead atoms. The molecule has 2 aromatic rings. The van der Waals surface area contributed by atoms with Crippen molar-refractivity contribution in [1.29, 1.82) is 0 Å². The Morgan fingerprint density at radius 3 is 2.53 bits per heavy atom. The lowest BCUT2D eigenvalue weighted by atomic mass is 9.90. The molecule has 0 amide bonds. The van der Waals surface area contributed by atoms with Crippen LogP contribution in [-0.4, -0.2) is 5.11 Å². The van der Waals surface area contributed by atoms with E-state index in [1.165, 1.54) is 11.1 Å². The van der Waals surface area contributed by atoms with Crippen LogP contribution in [0.5, 0.6) is 0 Å². The van der Waals surface area contributed by atoms with Crippen LogP contribution >= 0.6 is 0 Å². The minimum atomic E-state index is -0.880. The van der Waals surface area contributed by atoms with E-state index in [2.05, 4.69) is 32.0 Å². The van der Waals surface area contributed by atoms with E-state index in [0.29, 0.717) is 6.42 Å². The van der Waals surface area contributed by atoms with Crippen LogP contribution in [0.3, 0.4) is 0 Å². The molecular weight excluding hydrogens is 212 g/mol. The molecule has 0 aliphatic rings. The Balaban J connectivity index is 2.23. The first-order valence-corrected chi connectivity index (χ1v) is 5.80. The molecule has 1 heterocycles. The zero-order valence-corrected chi connectivity index (χ0v) is 10.5. The van der Waals surface area contributed by atoms with E-state index in [0.717, 1.165) is 11.1 Å². The summed E-state index contributed by atoms with van der Waals surface area (Å²) < 4.78 is 5.02. The van der Waals surface area contributed by atoms with Gasteiger partial charge in [-0.05, 0) is 43.5 Å². The Bertz CT molecular complexity index is 496. The third kappa shape index (κ3) is 2.59. The van der Waals surface area contributed by atoms with E-state index in [1.54, 1.807) is 18.6 Å². The van der Waals surface area contributed by atoms with Gasteiger partial charge < -0.3 is 9.52 Å². The standard InChI is InChI=1S/C15H18O2/c1-11-4-5-13(8-12(11)2)9-15(3,16)14-6-7-17-10-14/h4-8,10,16H,9H2,1-3H3. The fourth-order valence-corrected chi connectivity index (χ4v) is 1.98. The van der Waals surface area contributed by atoms with E-state index in [-0.39, 0.29) is 0 Å². The van der Waals surface area contributed by atoms with Crippen LogP contribution < -0.4 is 0 Å². The summed E-state index contributed by atoms with van der Waals surface area (Å²) in [6.45, 7) is 5.99. The maximum atomic E-state index is 10.4. The molecule has 1 aromatic carbocycles. The molecule has 90 valence electrons. The largest absolute Gasteiger partial charge is 0.472 e. The molecule has 0 spiro atoms. The molecule has 0 aliphatic carbocycles. The SMILES string of the molecule is Cc1ccc(CC(C)(O)c2ccoc2)cc1C. The van der Waals surface area contributed by atoms with Crippen molar-refractivity contribution in [2.45, 2.75) is 32.8 Å². The smallest absolute Gasteiger partial charge is 0.0963 e.